The molecular weight excluding hydrogens is 304 g/mol. The van der Waals surface area contributed by atoms with E-state index >= 15 is 0 Å². The first-order valence-electron chi connectivity index (χ1n) is 7.95. The second-order valence-electron chi connectivity index (χ2n) is 6.12. The molecule has 2 aromatic heterocycles. The number of imidazole rings is 1. The third-order valence-corrected chi connectivity index (χ3v) is 4.21. The van der Waals surface area contributed by atoms with E-state index in [1.807, 2.05) is 31.2 Å². The number of hydrogen-bond donors (Lipinski definition) is 2. The van der Waals surface area contributed by atoms with Gasteiger partial charge in [-0.15, -0.1) is 0 Å². The molecule has 0 spiro atoms. The van der Waals surface area contributed by atoms with Crippen LogP contribution < -0.4 is 10.1 Å². The maximum Gasteiger partial charge on any atom is 0.258 e. The van der Waals surface area contributed by atoms with Gasteiger partial charge in [0.05, 0.1) is 18.2 Å². The minimum Gasteiger partial charge on any atom is -0.497 e. The highest BCUT2D eigenvalue weighted by Gasteiger charge is 2.27. The van der Waals surface area contributed by atoms with Crippen LogP contribution in [0.5, 0.6) is 5.75 Å². The van der Waals surface area contributed by atoms with E-state index in [0.717, 1.165) is 35.1 Å². The quantitative estimate of drug-likeness (QED) is 0.771. The molecule has 6 heteroatoms. The summed E-state index contributed by atoms with van der Waals surface area (Å²) < 4.78 is 5.29. The fraction of sp³-hybridized carbons (Fsp3) is 0.278. The second-order valence-corrected chi connectivity index (χ2v) is 6.12. The van der Waals surface area contributed by atoms with E-state index in [1.54, 1.807) is 13.3 Å². The largest absolute Gasteiger partial charge is 0.497 e. The van der Waals surface area contributed by atoms with E-state index in [2.05, 4.69) is 15.3 Å². The van der Waals surface area contributed by atoms with Crippen LogP contribution in [-0.4, -0.2) is 28.0 Å². The van der Waals surface area contributed by atoms with Crippen LogP contribution in [0.4, 0.5) is 5.95 Å². The molecule has 2 N–H and O–H groups in total. The molecule has 1 amide bonds. The van der Waals surface area contributed by atoms with Crippen molar-refractivity contribution in [2.75, 3.05) is 12.4 Å². The number of anilines is 1. The van der Waals surface area contributed by atoms with Gasteiger partial charge in [0.25, 0.3) is 5.91 Å². The molecule has 0 bridgehead atoms. The lowest BCUT2D eigenvalue weighted by Crippen LogP contribution is -2.14. The Kier molecular flexibility index (Phi) is 3.45. The summed E-state index contributed by atoms with van der Waals surface area (Å²) in [5.74, 6) is 1.41. The molecule has 1 aliphatic rings. The summed E-state index contributed by atoms with van der Waals surface area (Å²) in [4.78, 5) is 24.7. The van der Waals surface area contributed by atoms with E-state index in [4.69, 9.17) is 9.72 Å². The van der Waals surface area contributed by atoms with E-state index in [1.165, 1.54) is 0 Å². The van der Waals surface area contributed by atoms with Gasteiger partial charge in [0.15, 0.2) is 0 Å². The number of aromatic nitrogens is 3. The van der Waals surface area contributed by atoms with Crippen LogP contribution in [0.2, 0.25) is 0 Å². The first kappa shape index (κ1) is 14.7. The van der Waals surface area contributed by atoms with Gasteiger partial charge < -0.3 is 9.72 Å². The van der Waals surface area contributed by atoms with Crippen LogP contribution in [-0.2, 0) is 0 Å². The highest BCUT2D eigenvalue weighted by Crippen LogP contribution is 2.40. The average molecular weight is 322 g/mol. The third kappa shape index (κ3) is 2.71. The van der Waals surface area contributed by atoms with Gasteiger partial charge in [-0.05, 0) is 44.0 Å². The van der Waals surface area contributed by atoms with E-state index in [9.17, 15) is 4.79 Å². The molecule has 3 aromatic rings. The van der Waals surface area contributed by atoms with Gasteiger partial charge in [-0.2, -0.15) is 0 Å². The van der Waals surface area contributed by atoms with Crippen molar-refractivity contribution in [2.24, 2.45) is 0 Å². The molecular formula is C18H18N4O2. The Labute approximate surface area is 139 Å². The second kappa shape index (κ2) is 5.63. The molecule has 24 heavy (non-hydrogen) atoms. The molecule has 2 heterocycles. The zero-order chi connectivity index (χ0) is 16.7. The summed E-state index contributed by atoms with van der Waals surface area (Å²) in [5.41, 5.74) is 3.27. The van der Waals surface area contributed by atoms with E-state index < -0.39 is 0 Å². The van der Waals surface area contributed by atoms with Crippen molar-refractivity contribution in [2.45, 2.75) is 25.7 Å². The average Bonchev–Trinajstić information content (AvgIpc) is 3.36. The van der Waals surface area contributed by atoms with Crippen molar-refractivity contribution in [1.82, 2.24) is 15.0 Å². The number of benzene rings is 1. The van der Waals surface area contributed by atoms with Gasteiger partial charge in [-0.1, -0.05) is 0 Å². The van der Waals surface area contributed by atoms with Gasteiger partial charge in [-0.25, -0.2) is 4.98 Å². The van der Waals surface area contributed by atoms with Crippen LogP contribution in [0.1, 0.15) is 40.5 Å². The maximum atomic E-state index is 12.8. The summed E-state index contributed by atoms with van der Waals surface area (Å²) >= 11 is 0. The highest BCUT2D eigenvalue weighted by molar-refractivity contribution is 6.12. The summed E-state index contributed by atoms with van der Waals surface area (Å²) in [6.45, 7) is 1.89. The maximum absolute atomic E-state index is 12.8. The minimum absolute atomic E-state index is 0.202. The number of amides is 1. The molecule has 0 atom stereocenters. The molecule has 0 aliphatic heterocycles. The van der Waals surface area contributed by atoms with Gasteiger partial charge in [-0.3, -0.25) is 15.1 Å². The highest BCUT2D eigenvalue weighted by atomic mass is 16.5. The van der Waals surface area contributed by atoms with Crippen LogP contribution in [0.25, 0.3) is 10.9 Å². The Morgan fingerprint density at radius 1 is 1.33 bits per heavy atom. The van der Waals surface area contributed by atoms with Crippen molar-refractivity contribution in [1.29, 1.82) is 0 Å². The lowest BCUT2D eigenvalue weighted by Gasteiger charge is -2.10. The van der Waals surface area contributed by atoms with Crippen LogP contribution in [0.3, 0.4) is 0 Å². The van der Waals surface area contributed by atoms with Crippen molar-refractivity contribution in [3.8, 4) is 5.75 Å². The Morgan fingerprint density at radius 2 is 2.17 bits per heavy atom. The number of pyridine rings is 1. The summed E-state index contributed by atoms with van der Waals surface area (Å²) in [6.07, 6.45) is 3.94. The van der Waals surface area contributed by atoms with Crippen molar-refractivity contribution < 1.29 is 9.53 Å². The lowest BCUT2D eigenvalue weighted by molar-refractivity contribution is 0.102. The van der Waals surface area contributed by atoms with E-state index in [0.29, 0.717) is 23.2 Å². The van der Waals surface area contributed by atoms with Gasteiger partial charge in [0.1, 0.15) is 5.75 Å². The summed E-state index contributed by atoms with van der Waals surface area (Å²) in [7, 11) is 1.61. The molecule has 122 valence electrons. The zero-order valence-electron chi connectivity index (χ0n) is 13.6. The number of ether oxygens (including phenoxy) is 1. The monoisotopic (exact) mass is 322 g/mol. The van der Waals surface area contributed by atoms with Crippen LogP contribution >= 0.6 is 0 Å². The predicted molar refractivity (Wildman–Crippen MR) is 91.5 cm³/mol. The molecule has 1 aromatic carbocycles. The third-order valence-electron chi connectivity index (χ3n) is 4.21. The molecule has 0 radical (unpaired) electrons. The summed E-state index contributed by atoms with van der Waals surface area (Å²) in [6, 6.07) is 7.50. The lowest BCUT2D eigenvalue weighted by atomic mass is 10.0. The van der Waals surface area contributed by atoms with Gasteiger partial charge in [0.2, 0.25) is 5.95 Å². The molecule has 6 nitrogen and oxygen atoms in total. The number of aryl methyl sites for hydroxylation is 1. The topological polar surface area (TPSA) is 79.9 Å². The Balaban J connectivity index is 1.79. The Morgan fingerprint density at radius 3 is 2.83 bits per heavy atom. The smallest absolute Gasteiger partial charge is 0.258 e. The Bertz CT molecular complexity index is 928. The summed E-state index contributed by atoms with van der Waals surface area (Å²) in [5, 5.41) is 3.60. The number of carbonyl (C=O) groups excluding carboxylic acids is 1. The molecule has 1 aliphatic carbocycles. The molecule has 0 saturated heterocycles. The molecule has 1 fully saturated rings. The number of methoxy groups -OCH3 is 1. The number of aromatic amines is 1. The molecule has 1 saturated carbocycles. The number of carbonyl (C=O) groups is 1. The minimum atomic E-state index is -0.202. The van der Waals surface area contributed by atoms with Crippen molar-refractivity contribution in [3.63, 3.8) is 0 Å². The zero-order valence-corrected chi connectivity index (χ0v) is 13.6. The Hall–Kier alpha value is -2.89. The standard InChI is InChI=1S/C18H18N4O2/c1-10-9-19-18(20-10)22-17(23)14-8-16(11-3-4-11)21-15-6-5-12(24-2)7-13(14)15/h5-9,11H,3-4H2,1-2H3,(H2,19,20,22,23). The van der Waals surface area contributed by atoms with Gasteiger partial charge >= 0.3 is 0 Å². The first-order chi connectivity index (χ1) is 11.6. The van der Waals surface area contributed by atoms with Crippen molar-refractivity contribution in [3.05, 3.63) is 47.4 Å². The first-order valence-corrected chi connectivity index (χ1v) is 7.95. The van der Waals surface area contributed by atoms with Crippen LogP contribution in [0, 0.1) is 6.92 Å². The number of fused-ring (bicyclic) bond motifs is 1. The van der Waals surface area contributed by atoms with Crippen LogP contribution in [0.15, 0.2) is 30.5 Å². The molecule has 4 rings (SSSR count). The van der Waals surface area contributed by atoms with Gasteiger partial charge in [0, 0.05) is 28.9 Å². The number of rotatable bonds is 4. The SMILES string of the molecule is COc1ccc2nc(C3CC3)cc(C(=O)Nc3ncc(C)[nH]3)c2c1. The predicted octanol–water partition coefficient (Wildman–Crippen LogP) is 3.40. The number of nitrogens with zero attached hydrogens (tertiary/aromatic N) is 2. The molecule has 0 unspecified atom stereocenters. The number of H-pyrrole nitrogens is 1. The number of hydrogen-bond acceptors (Lipinski definition) is 4. The van der Waals surface area contributed by atoms with Crippen molar-refractivity contribution >= 4 is 22.8 Å². The normalized spacial score (nSPS) is 13.9. The van der Waals surface area contributed by atoms with E-state index in [-0.39, 0.29) is 5.91 Å². The number of nitrogens with one attached hydrogen (secondary N) is 2. The fourth-order valence-electron chi connectivity index (χ4n) is 2.78. The fourth-order valence-corrected chi connectivity index (χ4v) is 2.78.